The van der Waals surface area contributed by atoms with Crippen molar-refractivity contribution in [2.45, 2.75) is 69.3 Å². The third-order valence-electron chi connectivity index (χ3n) is 5.56. The standard InChI is InChI=1S/C22H28BFO2S/c1-15(2)16-8-11-19(12-9-16)27-14-17-7-10-18(24)13-20(17)23-25-21(3,4)22(5,6)26-23/h7-13,15H,14H2,1-6H3. The fourth-order valence-corrected chi connectivity index (χ4v) is 3.91. The minimum absolute atomic E-state index is 0.269. The van der Waals surface area contributed by atoms with E-state index in [1.807, 2.05) is 33.8 Å². The van der Waals surface area contributed by atoms with Gasteiger partial charge in [0.25, 0.3) is 0 Å². The van der Waals surface area contributed by atoms with E-state index in [2.05, 4.69) is 38.1 Å². The molecule has 1 aliphatic rings. The molecule has 27 heavy (non-hydrogen) atoms. The summed E-state index contributed by atoms with van der Waals surface area (Å²) in [5, 5.41) is 0. The zero-order chi connectivity index (χ0) is 19.8. The van der Waals surface area contributed by atoms with Crippen LogP contribution < -0.4 is 5.46 Å². The SMILES string of the molecule is CC(C)c1ccc(SCc2ccc(F)cc2B2OC(C)(C)C(C)(C)O2)cc1. The number of halogens is 1. The minimum atomic E-state index is -0.551. The molecular formula is C22H28BFO2S. The molecule has 0 atom stereocenters. The summed E-state index contributed by atoms with van der Waals surface area (Å²) in [5.74, 6) is 0.992. The minimum Gasteiger partial charge on any atom is -0.399 e. The summed E-state index contributed by atoms with van der Waals surface area (Å²) in [6.45, 7) is 12.4. The monoisotopic (exact) mass is 386 g/mol. The quantitative estimate of drug-likeness (QED) is 0.497. The highest BCUT2D eigenvalue weighted by atomic mass is 32.2. The van der Waals surface area contributed by atoms with Gasteiger partial charge in [-0.05, 0) is 74.5 Å². The van der Waals surface area contributed by atoms with Gasteiger partial charge in [-0.1, -0.05) is 32.0 Å². The van der Waals surface area contributed by atoms with Crippen molar-refractivity contribution in [3.05, 3.63) is 59.4 Å². The Hall–Kier alpha value is -1.30. The first kappa shape index (κ1) is 20.4. The Morgan fingerprint density at radius 1 is 0.963 bits per heavy atom. The third kappa shape index (κ3) is 4.42. The topological polar surface area (TPSA) is 18.5 Å². The predicted octanol–water partition coefficient (Wildman–Crippen LogP) is 5.54. The Bertz CT molecular complexity index is 786. The van der Waals surface area contributed by atoms with Crippen LogP contribution in [0.3, 0.4) is 0 Å². The highest BCUT2D eigenvalue weighted by Crippen LogP contribution is 2.37. The van der Waals surface area contributed by atoms with E-state index in [1.165, 1.54) is 16.5 Å². The van der Waals surface area contributed by atoms with Crippen LogP contribution in [0.25, 0.3) is 0 Å². The Kier molecular flexibility index (Phi) is 5.76. The lowest BCUT2D eigenvalue weighted by Gasteiger charge is -2.32. The number of rotatable bonds is 5. The van der Waals surface area contributed by atoms with Crippen LogP contribution in [0.4, 0.5) is 4.39 Å². The second-order valence-corrected chi connectivity index (χ2v) is 9.49. The lowest BCUT2D eigenvalue weighted by atomic mass is 9.76. The zero-order valence-corrected chi connectivity index (χ0v) is 17.8. The van der Waals surface area contributed by atoms with Crippen LogP contribution in [0.5, 0.6) is 0 Å². The maximum absolute atomic E-state index is 14.0. The predicted molar refractivity (Wildman–Crippen MR) is 112 cm³/mol. The van der Waals surface area contributed by atoms with Gasteiger partial charge in [0.15, 0.2) is 0 Å². The normalized spacial score (nSPS) is 18.3. The number of hydrogen-bond donors (Lipinski definition) is 0. The molecule has 0 spiro atoms. The van der Waals surface area contributed by atoms with Gasteiger partial charge in [0, 0.05) is 10.6 Å². The molecule has 5 heteroatoms. The molecule has 2 aromatic rings. The fourth-order valence-electron chi connectivity index (χ4n) is 3.00. The van der Waals surface area contributed by atoms with E-state index in [9.17, 15) is 4.39 Å². The van der Waals surface area contributed by atoms with E-state index in [4.69, 9.17) is 9.31 Å². The van der Waals surface area contributed by atoms with Crippen LogP contribution in [0.15, 0.2) is 47.4 Å². The molecule has 1 heterocycles. The molecule has 3 rings (SSSR count). The highest BCUT2D eigenvalue weighted by molar-refractivity contribution is 7.98. The van der Waals surface area contributed by atoms with Gasteiger partial charge in [0.05, 0.1) is 11.2 Å². The molecule has 1 fully saturated rings. The van der Waals surface area contributed by atoms with Gasteiger partial charge in [0.2, 0.25) is 0 Å². The van der Waals surface area contributed by atoms with Crippen LogP contribution >= 0.6 is 11.8 Å². The fraction of sp³-hybridized carbons (Fsp3) is 0.455. The molecule has 0 bridgehead atoms. The van der Waals surface area contributed by atoms with Gasteiger partial charge in [-0.25, -0.2) is 4.39 Å². The van der Waals surface area contributed by atoms with Gasteiger partial charge >= 0.3 is 7.12 Å². The molecule has 1 saturated heterocycles. The average Bonchev–Trinajstić information content (AvgIpc) is 2.81. The molecule has 0 unspecified atom stereocenters. The Morgan fingerprint density at radius 2 is 1.56 bits per heavy atom. The van der Waals surface area contributed by atoms with E-state index < -0.39 is 18.3 Å². The van der Waals surface area contributed by atoms with Gasteiger partial charge < -0.3 is 9.31 Å². The summed E-state index contributed by atoms with van der Waals surface area (Å²) in [4.78, 5) is 1.20. The van der Waals surface area contributed by atoms with Crippen molar-refractivity contribution in [1.29, 1.82) is 0 Å². The molecular weight excluding hydrogens is 358 g/mol. The zero-order valence-electron chi connectivity index (χ0n) is 17.0. The van der Waals surface area contributed by atoms with Crippen LogP contribution in [0.2, 0.25) is 0 Å². The van der Waals surface area contributed by atoms with E-state index in [0.29, 0.717) is 5.92 Å². The number of hydrogen-bond acceptors (Lipinski definition) is 3. The van der Waals surface area contributed by atoms with Gasteiger partial charge in [-0.2, -0.15) is 0 Å². The Labute approximate surface area is 167 Å². The summed E-state index contributed by atoms with van der Waals surface area (Å²) in [6.07, 6.45) is 0. The van der Waals surface area contributed by atoms with Crippen molar-refractivity contribution in [1.82, 2.24) is 0 Å². The van der Waals surface area contributed by atoms with Crippen molar-refractivity contribution >= 4 is 24.3 Å². The molecule has 0 saturated carbocycles. The van der Waals surface area contributed by atoms with E-state index >= 15 is 0 Å². The maximum atomic E-state index is 14.0. The average molecular weight is 386 g/mol. The maximum Gasteiger partial charge on any atom is 0.495 e. The molecule has 2 aromatic carbocycles. The first-order chi connectivity index (χ1) is 12.6. The lowest BCUT2D eigenvalue weighted by Crippen LogP contribution is -2.41. The number of benzene rings is 2. The molecule has 2 nitrogen and oxygen atoms in total. The van der Waals surface area contributed by atoms with Crippen molar-refractivity contribution in [3.8, 4) is 0 Å². The van der Waals surface area contributed by atoms with Crippen LogP contribution in [-0.2, 0) is 15.1 Å². The summed E-state index contributed by atoms with van der Waals surface area (Å²) in [6, 6.07) is 13.5. The van der Waals surface area contributed by atoms with E-state index in [0.717, 1.165) is 16.8 Å². The van der Waals surface area contributed by atoms with Crippen LogP contribution in [0, 0.1) is 5.82 Å². The van der Waals surface area contributed by atoms with Gasteiger partial charge in [-0.3, -0.25) is 0 Å². The first-order valence-electron chi connectivity index (χ1n) is 9.46. The number of thioether (sulfide) groups is 1. The Balaban J connectivity index is 1.79. The molecule has 1 aliphatic heterocycles. The Morgan fingerprint density at radius 3 is 2.11 bits per heavy atom. The van der Waals surface area contributed by atoms with Crippen LogP contribution in [-0.4, -0.2) is 18.3 Å². The molecule has 0 amide bonds. The van der Waals surface area contributed by atoms with Gasteiger partial charge in [0.1, 0.15) is 5.82 Å². The molecule has 0 aliphatic carbocycles. The molecule has 0 N–H and O–H groups in total. The molecule has 0 aromatic heterocycles. The second-order valence-electron chi connectivity index (χ2n) is 8.44. The summed E-state index contributed by atoms with van der Waals surface area (Å²) >= 11 is 1.74. The lowest BCUT2D eigenvalue weighted by molar-refractivity contribution is 0.00578. The highest BCUT2D eigenvalue weighted by Gasteiger charge is 2.52. The van der Waals surface area contributed by atoms with Crippen molar-refractivity contribution in [2.75, 3.05) is 0 Å². The molecule has 0 radical (unpaired) electrons. The second kappa shape index (κ2) is 7.61. The van der Waals surface area contributed by atoms with Crippen molar-refractivity contribution < 1.29 is 13.7 Å². The van der Waals surface area contributed by atoms with E-state index in [1.54, 1.807) is 17.8 Å². The van der Waals surface area contributed by atoms with Crippen molar-refractivity contribution in [2.24, 2.45) is 0 Å². The van der Waals surface area contributed by atoms with Gasteiger partial charge in [-0.15, -0.1) is 11.8 Å². The van der Waals surface area contributed by atoms with Crippen LogP contribution in [0.1, 0.15) is 58.6 Å². The summed E-state index contributed by atoms with van der Waals surface area (Å²) in [5.41, 5.74) is 2.26. The summed E-state index contributed by atoms with van der Waals surface area (Å²) in [7, 11) is -0.551. The largest absolute Gasteiger partial charge is 0.495 e. The van der Waals surface area contributed by atoms with Crippen molar-refractivity contribution in [3.63, 3.8) is 0 Å². The smallest absolute Gasteiger partial charge is 0.399 e. The molecule has 144 valence electrons. The van der Waals surface area contributed by atoms with E-state index in [-0.39, 0.29) is 5.82 Å². The summed E-state index contributed by atoms with van der Waals surface area (Å²) < 4.78 is 26.2. The first-order valence-corrected chi connectivity index (χ1v) is 10.4. The third-order valence-corrected chi connectivity index (χ3v) is 6.62.